The Hall–Kier alpha value is -1.04. The summed E-state index contributed by atoms with van der Waals surface area (Å²) >= 11 is 1.76. The molecule has 0 heterocycles. The van der Waals surface area contributed by atoms with Gasteiger partial charge in [-0.3, -0.25) is 10.1 Å². The number of carbonyl (C=O) groups is 1. The van der Waals surface area contributed by atoms with Crippen molar-refractivity contribution in [1.82, 2.24) is 5.32 Å². The van der Waals surface area contributed by atoms with Crippen LogP contribution in [0.4, 0.5) is 0 Å². The largest absolute Gasteiger partial charge is 0.396 e. The number of thioether (sulfide) groups is 1. The second-order valence-corrected chi connectivity index (χ2v) is 6.66. The third kappa shape index (κ3) is 5.02. The minimum Gasteiger partial charge on any atom is -0.396 e. The fourth-order valence-electron chi connectivity index (χ4n) is 2.39. The summed E-state index contributed by atoms with van der Waals surface area (Å²) in [4.78, 5) is 12.1. The summed E-state index contributed by atoms with van der Waals surface area (Å²) in [5.74, 6) is 0.470. The molecule has 2 unspecified atom stereocenters. The van der Waals surface area contributed by atoms with Crippen molar-refractivity contribution >= 4 is 17.7 Å². The zero-order valence-electron chi connectivity index (χ0n) is 12.8. The Bertz CT molecular complexity index is 428. The highest BCUT2D eigenvalue weighted by molar-refractivity contribution is 7.99. The second-order valence-electron chi connectivity index (χ2n) is 5.11. The van der Waals surface area contributed by atoms with E-state index in [9.17, 15) is 4.79 Å². The molecule has 1 aromatic rings. The Morgan fingerprint density at radius 1 is 1.43 bits per heavy atom. The van der Waals surface area contributed by atoms with Gasteiger partial charge in [0.15, 0.2) is 0 Å². The number of aliphatic hydroxyl groups excluding tert-OH is 1. The average Bonchev–Trinajstić information content (AvgIpc) is 2.47. The van der Waals surface area contributed by atoms with Crippen molar-refractivity contribution in [2.24, 2.45) is 5.73 Å². The van der Waals surface area contributed by atoms with Crippen molar-refractivity contribution in [3.05, 3.63) is 35.9 Å². The van der Waals surface area contributed by atoms with Crippen LogP contribution in [0.25, 0.3) is 0 Å². The fourth-order valence-corrected chi connectivity index (χ4v) is 3.49. The molecule has 1 amide bonds. The maximum Gasteiger partial charge on any atom is 0.242 e. The first-order valence-corrected chi connectivity index (χ1v) is 8.44. The summed E-state index contributed by atoms with van der Waals surface area (Å²) in [6, 6.07) is 9.65. The summed E-state index contributed by atoms with van der Waals surface area (Å²) < 4.78 is 0. The maximum absolute atomic E-state index is 12.1. The number of rotatable bonds is 10. The van der Waals surface area contributed by atoms with Crippen LogP contribution in [0.15, 0.2) is 30.3 Å². The average molecular weight is 310 g/mol. The van der Waals surface area contributed by atoms with Crippen LogP contribution >= 0.6 is 11.8 Å². The van der Waals surface area contributed by atoms with E-state index in [-0.39, 0.29) is 12.5 Å². The molecule has 1 aromatic carbocycles. The van der Waals surface area contributed by atoms with Gasteiger partial charge in [0.1, 0.15) is 5.54 Å². The predicted octanol–water partition coefficient (Wildman–Crippen LogP) is 1.87. The van der Waals surface area contributed by atoms with Gasteiger partial charge < -0.3 is 10.8 Å². The van der Waals surface area contributed by atoms with E-state index >= 15 is 0 Å². The lowest BCUT2D eigenvalue weighted by Gasteiger charge is -2.32. The molecule has 0 radical (unpaired) electrons. The summed E-state index contributed by atoms with van der Waals surface area (Å²) in [6.07, 6.45) is 1.40. The van der Waals surface area contributed by atoms with Gasteiger partial charge in [0.25, 0.3) is 0 Å². The molecule has 0 aliphatic heterocycles. The van der Waals surface area contributed by atoms with Crippen molar-refractivity contribution in [3.8, 4) is 0 Å². The molecule has 4 N–H and O–H groups in total. The molecule has 0 aliphatic carbocycles. The van der Waals surface area contributed by atoms with Crippen LogP contribution in [0.2, 0.25) is 0 Å². The lowest BCUT2D eigenvalue weighted by Crippen LogP contribution is -2.53. The molecule has 0 spiro atoms. The van der Waals surface area contributed by atoms with Crippen LogP contribution in [-0.4, -0.2) is 35.2 Å². The van der Waals surface area contributed by atoms with Crippen LogP contribution in [0, 0.1) is 0 Å². The number of amides is 1. The van der Waals surface area contributed by atoms with Gasteiger partial charge in [-0.2, -0.15) is 11.8 Å². The third-order valence-electron chi connectivity index (χ3n) is 3.58. The number of likely N-dealkylation sites (N-methyl/N-ethyl adjacent to an activating group) is 1. The number of aliphatic hydroxyl groups is 1. The van der Waals surface area contributed by atoms with Gasteiger partial charge >= 0.3 is 0 Å². The van der Waals surface area contributed by atoms with E-state index in [1.54, 1.807) is 11.8 Å². The zero-order chi connectivity index (χ0) is 15.7. The molecular formula is C16H26N2O2S. The van der Waals surface area contributed by atoms with Gasteiger partial charge in [0.2, 0.25) is 5.91 Å². The number of carbonyl (C=O) groups excluding carboxylic acids is 1. The summed E-state index contributed by atoms with van der Waals surface area (Å²) in [5.41, 5.74) is 5.81. The van der Waals surface area contributed by atoms with E-state index < -0.39 is 5.54 Å². The van der Waals surface area contributed by atoms with Crippen LogP contribution in [0.1, 0.15) is 32.3 Å². The standard InChI is InChI=1S/C16H26N2O2S/c1-3-18-16(15(17)20,14-7-5-4-6-8-14)10-12-21-13(2)9-11-19/h4-8,13,18-19H,3,9-12H2,1-2H3,(H2,17,20). The Balaban J connectivity index is 2.84. The molecule has 5 heteroatoms. The van der Waals surface area contributed by atoms with Gasteiger partial charge in [-0.15, -0.1) is 0 Å². The third-order valence-corrected chi connectivity index (χ3v) is 4.83. The van der Waals surface area contributed by atoms with E-state index in [1.807, 2.05) is 37.3 Å². The molecule has 0 bridgehead atoms. The van der Waals surface area contributed by atoms with Crippen LogP contribution < -0.4 is 11.1 Å². The van der Waals surface area contributed by atoms with Crippen LogP contribution in [0.3, 0.4) is 0 Å². The van der Waals surface area contributed by atoms with E-state index in [2.05, 4.69) is 12.2 Å². The van der Waals surface area contributed by atoms with Crippen molar-refractivity contribution in [2.45, 2.75) is 37.5 Å². The van der Waals surface area contributed by atoms with Crippen LogP contribution in [-0.2, 0) is 10.3 Å². The Labute approximate surface area is 131 Å². The van der Waals surface area contributed by atoms with Crippen molar-refractivity contribution < 1.29 is 9.90 Å². The zero-order valence-corrected chi connectivity index (χ0v) is 13.7. The number of benzene rings is 1. The van der Waals surface area contributed by atoms with Gasteiger partial charge in [-0.25, -0.2) is 0 Å². The lowest BCUT2D eigenvalue weighted by molar-refractivity contribution is -0.124. The van der Waals surface area contributed by atoms with Gasteiger partial charge in [0, 0.05) is 11.9 Å². The quantitative estimate of drug-likeness (QED) is 0.617. The fraction of sp³-hybridized carbons (Fsp3) is 0.562. The SMILES string of the molecule is CCNC(CCSC(C)CCO)(C(N)=O)c1ccccc1. The van der Waals surface area contributed by atoms with E-state index in [1.165, 1.54) is 0 Å². The highest BCUT2D eigenvalue weighted by Crippen LogP contribution is 2.28. The highest BCUT2D eigenvalue weighted by Gasteiger charge is 2.37. The normalized spacial score (nSPS) is 15.4. The lowest BCUT2D eigenvalue weighted by atomic mass is 9.86. The van der Waals surface area contributed by atoms with Crippen molar-refractivity contribution in [2.75, 3.05) is 18.9 Å². The number of primary amides is 1. The summed E-state index contributed by atoms with van der Waals surface area (Å²) in [5, 5.41) is 12.6. The molecule has 2 atom stereocenters. The molecule has 0 aliphatic rings. The molecule has 118 valence electrons. The number of hydrogen-bond acceptors (Lipinski definition) is 4. The number of hydrogen-bond donors (Lipinski definition) is 3. The van der Waals surface area contributed by atoms with E-state index in [4.69, 9.17) is 10.8 Å². The number of nitrogens with two attached hydrogens (primary N) is 1. The molecule has 21 heavy (non-hydrogen) atoms. The van der Waals surface area contributed by atoms with Gasteiger partial charge in [-0.05, 0) is 30.7 Å². The van der Waals surface area contributed by atoms with Crippen molar-refractivity contribution in [3.63, 3.8) is 0 Å². The Morgan fingerprint density at radius 3 is 2.62 bits per heavy atom. The van der Waals surface area contributed by atoms with Crippen LogP contribution in [0.5, 0.6) is 0 Å². The topological polar surface area (TPSA) is 75.3 Å². The van der Waals surface area contributed by atoms with E-state index in [0.717, 1.165) is 17.7 Å². The Morgan fingerprint density at radius 2 is 2.10 bits per heavy atom. The van der Waals surface area contributed by atoms with Crippen molar-refractivity contribution in [1.29, 1.82) is 0 Å². The first-order valence-electron chi connectivity index (χ1n) is 7.39. The summed E-state index contributed by atoms with van der Waals surface area (Å²) in [7, 11) is 0. The van der Waals surface area contributed by atoms with E-state index in [0.29, 0.717) is 18.2 Å². The molecule has 0 fully saturated rings. The maximum atomic E-state index is 12.1. The van der Waals surface area contributed by atoms with Gasteiger partial charge in [0.05, 0.1) is 0 Å². The highest BCUT2D eigenvalue weighted by atomic mass is 32.2. The Kier molecular flexibility index (Phi) is 7.78. The summed E-state index contributed by atoms with van der Waals surface area (Å²) in [6.45, 7) is 4.93. The predicted molar refractivity (Wildman–Crippen MR) is 89.2 cm³/mol. The first kappa shape index (κ1) is 18.0. The second kappa shape index (κ2) is 9.07. The molecule has 0 saturated heterocycles. The smallest absolute Gasteiger partial charge is 0.242 e. The molecular weight excluding hydrogens is 284 g/mol. The molecule has 0 aromatic heterocycles. The monoisotopic (exact) mass is 310 g/mol. The molecule has 4 nitrogen and oxygen atoms in total. The van der Waals surface area contributed by atoms with Gasteiger partial charge in [-0.1, -0.05) is 44.2 Å². The first-order chi connectivity index (χ1) is 10.1. The molecule has 1 rings (SSSR count). The minimum atomic E-state index is -0.818. The number of nitrogens with one attached hydrogen (secondary N) is 1. The minimum absolute atomic E-state index is 0.195. The molecule has 0 saturated carbocycles.